The number of aryl methyl sites for hydroxylation is 1. The second-order valence-electron chi connectivity index (χ2n) is 7.17. The van der Waals surface area contributed by atoms with Crippen LogP contribution >= 0.6 is 0 Å². The minimum atomic E-state index is -0.502. The number of rotatable bonds is 8. The van der Waals surface area contributed by atoms with E-state index in [4.69, 9.17) is 5.73 Å². The van der Waals surface area contributed by atoms with Crippen molar-refractivity contribution in [3.63, 3.8) is 0 Å². The third-order valence-corrected chi connectivity index (χ3v) is 4.84. The molecule has 3 rings (SSSR count). The Labute approximate surface area is 186 Å². The van der Waals surface area contributed by atoms with Gasteiger partial charge in [-0.25, -0.2) is 4.68 Å². The highest BCUT2D eigenvalue weighted by Crippen LogP contribution is 2.20. The zero-order valence-electron chi connectivity index (χ0n) is 18.0. The first-order valence-corrected chi connectivity index (χ1v) is 10.1. The smallest absolute Gasteiger partial charge is 0.253 e. The second kappa shape index (κ2) is 10.2. The topological polar surface area (TPSA) is 119 Å². The van der Waals surface area contributed by atoms with E-state index in [-0.39, 0.29) is 18.9 Å². The quantitative estimate of drug-likeness (QED) is 0.475. The first-order valence-electron chi connectivity index (χ1n) is 10.1. The van der Waals surface area contributed by atoms with Gasteiger partial charge in [-0.2, -0.15) is 5.10 Å². The lowest BCUT2D eigenvalue weighted by Crippen LogP contribution is -2.28. The average molecular weight is 431 g/mol. The van der Waals surface area contributed by atoms with Crippen molar-refractivity contribution in [2.45, 2.75) is 20.3 Å². The predicted octanol–water partition coefficient (Wildman–Crippen LogP) is 2.75. The molecule has 3 aromatic rings. The highest BCUT2D eigenvalue weighted by atomic mass is 16.2. The minimum Gasteiger partial charge on any atom is -0.370 e. The van der Waals surface area contributed by atoms with Gasteiger partial charge in [0.1, 0.15) is 0 Å². The van der Waals surface area contributed by atoms with E-state index in [1.807, 2.05) is 48.9 Å². The number of carbonyl (C=O) groups is 3. The minimum absolute atomic E-state index is 0.0400. The number of para-hydroxylation sites is 2. The molecule has 0 unspecified atom stereocenters. The van der Waals surface area contributed by atoms with Crippen molar-refractivity contribution in [3.8, 4) is 5.69 Å². The molecule has 0 radical (unpaired) electrons. The molecule has 0 aliphatic heterocycles. The van der Waals surface area contributed by atoms with Gasteiger partial charge in [0.05, 0.1) is 22.6 Å². The Morgan fingerprint density at radius 2 is 1.72 bits per heavy atom. The maximum atomic E-state index is 12.5. The zero-order valence-corrected chi connectivity index (χ0v) is 18.0. The fourth-order valence-electron chi connectivity index (χ4n) is 3.23. The first-order chi connectivity index (χ1) is 15.4. The van der Waals surface area contributed by atoms with Gasteiger partial charge in [-0.05, 0) is 44.2 Å². The summed E-state index contributed by atoms with van der Waals surface area (Å²) < 4.78 is 1.83. The van der Waals surface area contributed by atoms with E-state index in [0.29, 0.717) is 11.3 Å². The van der Waals surface area contributed by atoms with Crippen LogP contribution in [0.5, 0.6) is 0 Å². The number of anilines is 1. The molecule has 8 heteroatoms. The van der Waals surface area contributed by atoms with Crippen LogP contribution in [0.2, 0.25) is 0 Å². The standard InChI is InChI=1S/C24H25N5O3/c1-16-19(17(2)29(28-16)18-8-4-3-5-9-18)12-13-23(31)27-21-11-7-6-10-20(21)24(32)26-15-14-22(25)30/h3-13H,14-15H2,1-2H3,(H2,25,30)(H,26,32)(H,27,31)/b13-12+. The van der Waals surface area contributed by atoms with Crippen LogP contribution < -0.4 is 16.4 Å². The molecule has 1 heterocycles. The number of nitrogens with zero attached hydrogens (tertiary/aromatic N) is 2. The predicted molar refractivity (Wildman–Crippen MR) is 123 cm³/mol. The molecule has 3 amide bonds. The molecule has 164 valence electrons. The molecular weight excluding hydrogens is 406 g/mol. The Bertz CT molecular complexity index is 1170. The van der Waals surface area contributed by atoms with Gasteiger partial charge in [0.15, 0.2) is 0 Å². The second-order valence-corrected chi connectivity index (χ2v) is 7.17. The molecule has 0 atom stereocenters. The summed E-state index contributed by atoms with van der Waals surface area (Å²) in [5.41, 5.74) is 9.24. The molecule has 32 heavy (non-hydrogen) atoms. The Hall–Kier alpha value is -4.20. The molecule has 8 nitrogen and oxygen atoms in total. The molecule has 0 fully saturated rings. The van der Waals surface area contributed by atoms with Crippen LogP contribution in [0.25, 0.3) is 11.8 Å². The summed E-state index contributed by atoms with van der Waals surface area (Å²) in [6.45, 7) is 3.95. The van der Waals surface area contributed by atoms with Crippen LogP contribution in [0, 0.1) is 13.8 Å². The normalized spacial score (nSPS) is 10.8. The van der Waals surface area contributed by atoms with E-state index in [9.17, 15) is 14.4 Å². The van der Waals surface area contributed by atoms with Crippen molar-refractivity contribution in [1.29, 1.82) is 0 Å². The van der Waals surface area contributed by atoms with E-state index in [1.54, 1.807) is 30.3 Å². The van der Waals surface area contributed by atoms with Gasteiger partial charge in [-0.1, -0.05) is 30.3 Å². The molecular formula is C24H25N5O3. The molecule has 0 aliphatic carbocycles. The van der Waals surface area contributed by atoms with Gasteiger partial charge >= 0.3 is 0 Å². The highest BCUT2D eigenvalue weighted by Gasteiger charge is 2.13. The van der Waals surface area contributed by atoms with Crippen molar-refractivity contribution in [2.75, 3.05) is 11.9 Å². The number of hydrogen-bond acceptors (Lipinski definition) is 4. The summed E-state index contributed by atoms with van der Waals surface area (Å²) >= 11 is 0. The van der Waals surface area contributed by atoms with E-state index in [1.165, 1.54) is 6.08 Å². The summed E-state index contributed by atoms with van der Waals surface area (Å²) in [5, 5.41) is 9.92. The number of nitrogens with one attached hydrogen (secondary N) is 2. The van der Waals surface area contributed by atoms with Crippen molar-refractivity contribution in [2.24, 2.45) is 5.73 Å². The van der Waals surface area contributed by atoms with Crippen LogP contribution in [-0.4, -0.2) is 34.0 Å². The van der Waals surface area contributed by atoms with Crippen molar-refractivity contribution in [1.82, 2.24) is 15.1 Å². The number of benzene rings is 2. The maximum absolute atomic E-state index is 12.5. The first kappa shape index (κ1) is 22.5. The number of amides is 3. The van der Waals surface area contributed by atoms with E-state index < -0.39 is 11.8 Å². The summed E-state index contributed by atoms with van der Waals surface area (Å²) in [6.07, 6.45) is 3.16. The van der Waals surface area contributed by atoms with Crippen LogP contribution in [0.15, 0.2) is 60.7 Å². The number of nitrogens with two attached hydrogens (primary N) is 1. The van der Waals surface area contributed by atoms with Gasteiger partial charge in [-0.15, -0.1) is 0 Å². The van der Waals surface area contributed by atoms with Gasteiger partial charge in [0.25, 0.3) is 5.91 Å². The molecule has 0 spiro atoms. The number of carbonyl (C=O) groups excluding carboxylic acids is 3. The summed E-state index contributed by atoms with van der Waals surface area (Å²) in [4.78, 5) is 35.8. The van der Waals surface area contributed by atoms with Crippen molar-refractivity contribution >= 4 is 29.5 Å². The highest BCUT2D eigenvalue weighted by molar-refractivity contribution is 6.07. The molecule has 0 bridgehead atoms. The Morgan fingerprint density at radius 3 is 2.44 bits per heavy atom. The maximum Gasteiger partial charge on any atom is 0.253 e. The monoisotopic (exact) mass is 431 g/mol. The molecule has 4 N–H and O–H groups in total. The molecule has 2 aromatic carbocycles. The van der Waals surface area contributed by atoms with E-state index >= 15 is 0 Å². The van der Waals surface area contributed by atoms with E-state index in [0.717, 1.165) is 22.6 Å². The Morgan fingerprint density at radius 1 is 1.03 bits per heavy atom. The van der Waals surface area contributed by atoms with Gasteiger partial charge < -0.3 is 16.4 Å². The average Bonchev–Trinajstić information content (AvgIpc) is 3.06. The van der Waals surface area contributed by atoms with Crippen molar-refractivity contribution in [3.05, 3.63) is 83.2 Å². The molecule has 0 aliphatic rings. The lowest BCUT2D eigenvalue weighted by molar-refractivity contribution is -0.118. The van der Waals surface area contributed by atoms with Crippen LogP contribution in [0.4, 0.5) is 5.69 Å². The van der Waals surface area contributed by atoms with E-state index in [2.05, 4.69) is 15.7 Å². The molecule has 0 saturated carbocycles. The lowest BCUT2D eigenvalue weighted by Gasteiger charge is -2.10. The number of primary amides is 1. The molecule has 1 aromatic heterocycles. The summed E-state index contributed by atoms with van der Waals surface area (Å²) in [7, 11) is 0. The van der Waals surface area contributed by atoms with Crippen LogP contribution in [0.1, 0.15) is 33.7 Å². The summed E-state index contributed by atoms with van der Waals surface area (Å²) in [5.74, 6) is -1.28. The fraction of sp³-hybridized carbons (Fsp3) is 0.167. The van der Waals surface area contributed by atoms with Crippen LogP contribution in [-0.2, 0) is 9.59 Å². The summed E-state index contributed by atoms with van der Waals surface area (Å²) in [6, 6.07) is 16.4. The van der Waals surface area contributed by atoms with Crippen LogP contribution in [0.3, 0.4) is 0 Å². The number of hydrogen-bond donors (Lipinski definition) is 3. The molecule has 0 saturated heterocycles. The SMILES string of the molecule is Cc1nn(-c2ccccc2)c(C)c1/C=C/C(=O)Nc1ccccc1C(=O)NCCC(N)=O. The third-order valence-electron chi connectivity index (χ3n) is 4.84. The largest absolute Gasteiger partial charge is 0.370 e. The lowest BCUT2D eigenvalue weighted by atomic mass is 10.1. The van der Waals surface area contributed by atoms with Gasteiger partial charge in [0.2, 0.25) is 11.8 Å². The van der Waals surface area contributed by atoms with Crippen molar-refractivity contribution < 1.29 is 14.4 Å². The Kier molecular flexibility index (Phi) is 7.17. The fourth-order valence-corrected chi connectivity index (χ4v) is 3.23. The zero-order chi connectivity index (χ0) is 23.1. The van der Waals surface area contributed by atoms with Gasteiger partial charge in [0, 0.05) is 30.3 Å². The number of aromatic nitrogens is 2. The third kappa shape index (κ3) is 5.48. The Balaban J connectivity index is 1.73. The van der Waals surface area contributed by atoms with Gasteiger partial charge in [-0.3, -0.25) is 14.4 Å².